The van der Waals surface area contributed by atoms with Crippen molar-refractivity contribution in [3.8, 4) is 5.75 Å². The van der Waals surface area contributed by atoms with E-state index in [2.05, 4.69) is 23.3 Å². The SMILES string of the molecule is CNC(C)c1ccc(OCc2cncc(F)c2)c(C)c1. The molecule has 20 heavy (non-hydrogen) atoms. The Labute approximate surface area is 118 Å². The Morgan fingerprint density at radius 2 is 2.10 bits per heavy atom. The van der Waals surface area contributed by atoms with Crippen LogP contribution in [-0.2, 0) is 6.61 Å². The minimum Gasteiger partial charge on any atom is -0.489 e. The molecule has 0 aliphatic heterocycles. The molecule has 0 aliphatic rings. The fourth-order valence-corrected chi connectivity index (χ4v) is 1.97. The molecule has 4 heteroatoms. The maximum absolute atomic E-state index is 13.0. The van der Waals surface area contributed by atoms with Crippen LogP contribution >= 0.6 is 0 Å². The van der Waals surface area contributed by atoms with E-state index in [-0.39, 0.29) is 5.82 Å². The summed E-state index contributed by atoms with van der Waals surface area (Å²) in [6, 6.07) is 7.81. The number of aryl methyl sites for hydroxylation is 1. The van der Waals surface area contributed by atoms with Crippen molar-refractivity contribution in [2.24, 2.45) is 0 Å². The van der Waals surface area contributed by atoms with Gasteiger partial charge in [-0.2, -0.15) is 0 Å². The van der Waals surface area contributed by atoms with Gasteiger partial charge in [-0.15, -0.1) is 0 Å². The van der Waals surface area contributed by atoms with Crippen LogP contribution in [0.5, 0.6) is 5.75 Å². The van der Waals surface area contributed by atoms with E-state index in [1.54, 1.807) is 6.20 Å². The van der Waals surface area contributed by atoms with Gasteiger partial charge in [0.2, 0.25) is 0 Å². The Morgan fingerprint density at radius 1 is 1.30 bits per heavy atom. The predicted molar refractivity (Wildman–Crippen MR) is 77.2 cm³/mol. The van der Waals surface area contributed by atoms with E-state index >= 15 is 0 Å². The van der Waals surface area contributed by atoms with Gasteiger partial charge in [-0.05, 0) is 44.2 Å². The molecule has 2 aromatic rings. The van der Waals surface area contributed by atoms with Crippen molar-refractivity contribution >= 4 is 0 Å². The number of pyridine rings is 1. The topological polar surface area (TPSA) is 34.1 Å². The van der Waals surface area contributed by atoms with Gasteiger partial charge in [-0.3, -0.25) is 4.98 Å². The van der Waals surface area contributed by atoms with Crippen molar-refractivity contribution in [2.45, 2.75) is 26.5 Å². The van der Waals surface area contributed by atoms with Gasteiger partial charge in [0.05, 0.1) is 6.20 Å². The lowest BCUT2D eigenvalue weighted by Crippen LogP contribution is -2.12. The van der Waals surface area contributed by atoms with Gasteiger partial charge in [-0.25, -0.2) is 4.39 Å². The van der Waals surface area contributed by atoms with Crippen LogP contribution in [0.2, 0.25) is 0 Å². The molecule has 1 aromatic carbocycles. The van der Waals surface area contributed by atoms with Crippen molar-refractivity contribution in [1.82, 2.24) is 10.3 Å². The number of nitrogens with one attached hydrogen (secondary N) is 1. The number of hydrogen-bond donors (Lipinski definition) is 1. The predicted octanol–water partition coefficient (Wildman–Crippen LogP) is 3.39. The first kappa shape index (κ1) is 14.5. The van der Waals surface area contributed by atoms with Crippen LogP contribution in [0.15, 0.2) is 36.7 Å². The van der Waals surface area contributed by atoms with Gasteiger partial charge < -0.3 is 10.1 Å². The molecule has 1 atom stereocenters. The minimum absolute atomic E-state index is 0.301. The number of aromatic nitrogens is 1. The number of halogens is 1. The Balaban J connectivity index is 2.07. The van der Waals surface area contributed by atoms with E-state index in [0.717, 1.165) is 16.9 Å². The number of ether oxygens (including phenoxy) is 1. The van der Waals surface area contributed by atoms with Crippen LogP contribution < -0.4 is 10.1 Å². The molecule has 0 saturated carbocycles. The Bertz CT molecular complexity index is 586. The Morgan fingerprint density at radius 3 is 2.75 bits per heavy atom. The summed E-state index contributed by atoms with van der Waals surface area (Å²) in [5, 5.41) is 3.20. The molecular formula is C16H19FN2O. The maximum Gasteiger partial charge on any atom is 0.141 e. The van der Waals surface area contributed by atoms with E-state index in [0.29, 0.717) is 12.6 Å². The lowest BCUT2D eigenvalue weighted by Gasteiger charge is -2.14. The molecule has 106 valence electrons. The van der Waals surface area contributed by atoms with E-state index in [4.69, 9.17) is 4.74 Å². The fourth-order valence-electron chi connectivity index (χ4n) is 1.97. The molecule has 3 nitrogen and oxygen atoms in total. The quantitative estimate of drug-likeness (QED) is 0.907. The number of nitrogens with zero attached hydrogens (tertiary/aromatic N) is 1. The first-order chi connectivity index (χ1) is 9.60. The number of rotatable bonds is 5. The van der Waals surface area contributed by atoms with Crippen molar-refractivity contribution in [3.05, 3.63) is 59.2 Å². The molecule has 0 saturated heterocycles. The highest BCUT2D eigenvalue weighted by molar-refractivity contribution is 5.37. The van der Waals surface area contributed by atoms with Crippen LogP contribution in [0, 0.1) is 12.7 Å². The summed E-state index contributed by atoms with van der Waals surface area (Å²) in [7, 11) is 1.93. The summed E-state index contributed by atoms with van der Waals surface area (Å²) in [6.45, 7) is 4.42. The van der Waals surface area contributed by atoms with Gasteiger partial charge in [-0.1, -0.05) is 12.1 Å². The minimum atomic E-state index is -0.346. The van der Waals surface area contributed by atoms with E-state index in [1.165, 1.54) is 17.8 Å². The molecule has 0 radical (unpaired) electrons. The smallest absolute Gasteiger partial charge is 0.141 e. The van der Waals surface area contributed by atoms with E-state index in [9.17, 15) is 4.39 Å². The second kappa shape index (κ2) is 6.48. The first-order valence-electron chi connectivity index (χ1n) is 6.60. The first-order valence-corrected chi connectivity index (χ1v) is 6.60. The molecule has 2 rings (SSSR count). The van der Waals surface area contributed by atoms with Crippen LogP contribution in [0.3, 0.4) is 0 Å². The summed E-state index contributed by atoms with van der Waals surface area (Å²) >= 11 is 0. The van der Waals surface area contributed by atoms with Crippen LogP contribution in [-0.4, -0.2) is 12.0 Å². The molecule has 0 amide bonds. The summed E-state index contributed by atoms with van der Waals surface area (Å²) in [4.78, 5) is 3.80. The average molecular weight is 274 g/mol. The molecule has 0 bridgehead atoms. The van der Waals surface area contributed by atoms with Gasteiger partial charge in [0.1, 0.15) is 18.2 Å². The van der Waals surface area contributed by atoms with Crippen molar-refractivity contribution in [1.29, 1.82) is 0 Å². The lowest BCUT2D eigenvalue weighted by molar-refractivity contribution is 0.302. The number of hydrogen-bond acceptors (Lipinski definition) is 3. The molecule has 1 unspecified atom stereocenters. The standard InChI is InChI=1S/C16H19FN2O/c1-11-6-14(12(2)18-3)4-5-16(11)20-10-13-7-15(17)9-19-8-13/h4-9,12,18H,10H2,1-3H3. The van der Waals surface area contributed by atoms with Crippen molar-refractivity contribution in [2.75, 3.05) is 7.05 Å². The zero-order chi connectivity index (χ0) is 14.5. The second-order valence-electron chi connectivity index (χ2n) is 4.84. The summed E-state index contributed by atoms with van der Waals surface area (Å²) < 4.78 is 18.7. The average Bonchev–Trinajstić information content (AvgIpc) is 2.45. The highest BCUT2D eigenvalue weighted by Crippen LogP contribution is 2.23. The molecule has 0 aliphatic carbocycles. The molecule has 1 heterocycles. The van der Waals surface area contributed by atoms with Crippen molar-refractivity contribution < 1.29 is 9.13 Å². The second-order valence-corrected chi connectivity index (χ2v) is 4.84. The normalized spacial score (nSPS) is 12.2. The maximum atomic E-state index is 13.0. The zero-order valence-corrected chi connectivity index (χ0v) is 12.0. The molecule has 1 N–H and O–H groups in total. The zero-order valence-electron chi connectivity index (χ0n) is 12.0. The summed E-state index contributed by atoms with van der Waals surface area (Å²) in [5.74, 6) is 0.460. The van der Waals surface area contributed by atoms with Crippen LogP contribution in [0.25, 0.3) is 0 Å². The molecular weight excluding hydrogens is 255 g/mol. The number of benzene rings is 1. The Hall–Kier alpha value is -1.94. The van der Waals surface area contributed by atoms with Crippen molar-refractivity contribution in [3.63, 3.8) is 0 Å². The highest BCUT2D eigenvalue weighted by Gasteiger charge is 2.06. The highest BCUT2D eigenvalue weighted by atomic mass is 19.1. The van der Waals surface area contributed by atoms with Crippen LogP contribution in [0.4, 0.5) is 4.39 Å². The van der Waals surface area contributed by atoms with E-state index in [1.807, 2.05) is 26.1 Å². The fraction of sp³-hybridized carbons (Fsp3) is 0.312. The van der Waals surface area contributed by atoms with Crippen LogP contribution in [0.1, 0.15) is 29.7 Å². The summed E-state index contributed by atoms with van der Waals surface area (Å²) in [5.41, 5.74) is 3.00. The Kier molecular flexibility index (Phi) is 4.69. The molecule has 0 fully saturated rings. The molecule has 0 spiro atoms. The van der Waals surface area contributed by atoms with E-state index < -0.39 is 0 Å². The lowest BCUT2D eigenvalue weighted by atomic mass is 10.1. The van der Waals surface area contributed by atoms with Gasteiger partial charge in [0.25, 0.3) is 0 Å². The van der Waals surface area contributed by atoms with Gasteiger partial charge >= 0.3 is 0 Å². The molecule has 1 aromatic heterocycles. The van der Waals surface area contributed by atoms with Gasteiger partial charge in [0, 0.05) is 17.8 Å². The third-order valence-electron chi connectivity index (χ3n) is 3.29. The summed E-state index contributed by atoms with van der Waals surface area (Å²) in [6.07, 6.45) is 2.79. The van der Waals surface area contributed by atoms with Gasteiger partial charge in [0.15, 0.2) is 0 Å². The third-order valence-corrected chi connectivity index (χ3v) is 3.29. The monoisotopic (exact) mass is 274 g/mol. The largest absolute Gasteiger partial charge is 0.489 e. The third kappa shape index (κ3) is 3.54.